The van der Waals surface area contributed by atoms with Gasteiger partial charge < -0.3 is 5.32 Å². The van der Waals surface area contributed by atoms with Crippen molar-refractivity contribution in [3.8, 4) is 0 Å². The maximum Gasteiger partial charge on any atom is 0.264 e. The lowest BCUT2D eigenvalue weighted by Crippen LogP contribution is -2.41. The molecule has 0 aromatic heterocycles. The van der Waals surface area contributed by atoms with Crippen molar-refractivity contribution in [3.63, 3.8) is 0 Å². The molecule has 1 N–H and O–H groups in total. The Morgan fingerprint density at radius 3 is 2.12 bits per heavy atom. The van der Waals surface area contributed by atoms with Gasteiger partial charge >= 0.3 is 0 Å². The smallest absolute Gasteiger partial charge is 0.264 e. The third kappa shape index (κ3) is 6.12. The lowest BCUT2D eigenvalue weighted by molar-refractivity contribution is -0.120. The van der Waals surface area contributed by atoms with Crippen molar-refractivity contribution < 1.29 is 13.2 Å². The molecule has 34 heavy (non-hydrogen) atoms. The van der Waals surface area contributed by atoms with Crippen molar-refractivity contribution in [3.05, 3.63) is 94.0 Å². The second-order valence-electron chi connectivity index (χ2n) is 9.08. The molecule has 0 fully saturated rings. The highest BCUT2D eigenvalue weighted by Gasteiger charge is 2.28. The number of amides is 1. The number of nitrogens with one attached hydrogen (secondary N) is 1. The number of hydrogen-bond donors (Lipinski definition) is 1. The summed E-state index contributed by atoms with van der Waals surface area (Å²) in [6.45, 7) is 7.85. The first-order chi connectivity index (χ1) is 15.9. The van der Waals surface area contributed by atoms with Crippen LogP contribution in [0.4, 0.5) is 5.69 Å². The molecular weight excluding hydrogens is 491 g/mol. The molecule has 0 spiro atoms. The fourth-order valence-electron chi connectivity index (χ4n) is 3.45. The van der Waals surface area contributed by atoms with Gasteiger partial charge in [-0.1, -0.05) is 86.4 Å². The molecule has 0 heterocycles. The Morgan fingerprint density at radius 2 is 1.56 bits per heavy atom. The van der Waals surface area contributed by atoms with E-state index >= 15 is 0 Å². The van der Waals surface area contributed by atoms with Gasteiger partial charge in [-0.3, -0.25) is 9.10 Å². The van der Waals surface area contributed by atoms with Crippen LogP contribution in [-0.2, 0) is 20.2 Å². The van der Waals surface area contributed by atoms with Crippen LogP contribution < -0.4 is 9.62 Å². The highest BCUT2D eigenvalue weighted by molar-refractivity contribution is 7.92. The van der Waals surface area contributed by atoms with Crippen LogP contribution in [0, 0.1) is 0 Å². The van der Waals surface area contributed by atoms with Gasteiger partial charge in [0.15, 0.2) is 0 Å². The van der Waals surface area contributed by atoms with E-state index in [-0.39, 0.29) is 27.1 Å². The normalized spacial score (nSPS) is 12.8. The Labute approximate surface area is 211 Å². The number of carbonyl (C=O) groups excluding carboxylic acids is 1. The zero-order valence-electron chi connectivity index (χ0n) is 19.5. The number of benzene rings is 3. The third-order valence-electron chi connectivity index (χ3n) is 5.46. The lowest BCUT2D eigenvalue weighted by Gasteiger charge is -2.25. The van der Waals surface area contributed by atoms with Crippen LogP contribution in [0.5, 0.6) is 0 Å². The van der Waals surface area contributed by atoms with E-state index < -0.39 is 22.5 Å². The monoisotopic (exact) mass is 518 g/mol. The average molecular weight is 519 g/mol. The molecule has 180 valence electrons. The van der Waals surface area contributed by atoms with Crippen molar-refractivity contribution in [2.24, 2.45) is 0 Å². The number of halogens is 2. The molecular formula is C26H28Cl2N2O3S. The van der Waals surface area contributed by atoms with Crippen molar-refractivity contribution in [2.45, 2.75) is 44.0 Å². The molecule has 0 aliphatic carbocycles. The van der Waals surface area contributed by atoms with Gasteiger partial charge in [0.2, 0.25) is 5.91 Å². The predicted octanol–water partition coefficient (Wildman–Crippen LogP) is 6.36. The molecule has 3 aromatic rings. The van der Waals surface area contributed by atoms with Crippen LogP contribution in [-0.4, -0.2) is 20.9 Å². The minimum atomic E-state index is -4.03. The van der Waals surface area contributed by atoms with Crippen molar-refractivity contribution in [1.82, 2.24) is 5.32 Å². The Hall–Kier alpha value is -2.54. The van der Waals surface area contributed by atoms with E-state index in [9.17, 15) is 13.2 Å². The predicted molar refractivity (Wildman–Crippen MR) is 139 cm³/mol. The second-order valence-corrected chi connectivity index (χ2v) is 11.8. The molecule has 0 saturated carbocycles. The van der Waals surface area contributed by atoms with Crippen LogP contribution in [0.2, 0.25) is 10.0 Å². The highest BCUT2D eigenvalue weighted by atomic mass is 35.5. The van der Waals surface area contributed by atoms with Gasteiger partial charge in [-0.05, 0) is 53.8 Å². The van der Waals surface area contributed by atoms with Crippen LogP contribution in [0.15, 0.2) is 77.7 Å². The number of carbonyl (C=O) groups is 1. The van der Waals surface area contributed by atoms with E-state index in [1.165, 1.54) is 35.9 Å². The molecule has 8 heteroatoms. The van der Waals surface area contributed by atoms with Crippen LogP contribution >= 0.6 is 23.2 Å². The standard InChI is InChI=1S/C26H28Cl2N2O3S/c1-18(19-10-12-20(13-11-19)26(2,3)4)29-25(31)17-30(21-14-15-23(27)24(28)16-21)34(32,33)22-8-6-5-7-9-22/h5-16,18H,17H2,1-4H3,(H,29,31). The topological polar surface area (TPSA) is 66.5 Å². The minimum Gasteiger partial charge on any atom is -0.348 e. The number of sulfonamides is 1. The first-order valence-corrected chi connectivity index (χ1v) is 13.0. The summed E-state index contributed by atoms with van der Waals surface area (Å²) in [5.74, 6) is -0.446. The average Bonchev–Trinajstić information content (AvgIpc) is 2.79. The number of anilines is 1. The SMILES string of the molecule is CC(NC(=O)CN(c1ccc(Cl)c(Cl)c1)S(=O)(=O)c1ccccc1)c1ccc(C(C)(C)C)cc1. The minimum absolute atomic E-state index is 0.0250. The molecule has 1 unspecified atom stereocenters. The van der Waals surface area contributed by atoms with Crippen molar-refractivity contribution >= 4 is 44.8 Å². The first kappa shape index (κ1) is 26.1. The zero-order chi connectivity index (χ0) is 25.1. The summed E-state index contributed by atoms with van der Waals surface area (Å²) < 4.78 is 27.9. The van der Waals surface area contributed by atoms with Gasteiger partial charge in [0.1, 0.15) is 6.54 Å². The van der Waals surface area contributed by atoms with E-state index in [4.69, 9.17) is 23.2 Å². The fourth-order valence-corrected chi connectivity index (χ4v) is 5.17. The quantitative estimate of drug-likeness (QED) is 0.395. The molecule has 0 bridgehead atoms. The van der Waals surface area contributed by atoms with E-state index in [0.29, 0.717) is 5.02 Å². The van der Waals surface area contributed by atoms with Gasteiger partial charge in [0, 0.05) is 0 Å². The number of nitrogens with zero attached hydrogens (tertiary/aromatic N) is 1. The second kappa shape index (κ2) is 10.4. The summed E-state index contributed by atoms with van der Waals surface area (Å²) in [4.78, 5) is 13.1. The Bertz CT molecular complexity index is 1260. The van der Waals surface area contributed by atoms with Crippen LogP contribution in [0.1, 0.15) is 44.9 Å². The number of rotatable bonds is 7. The molecule has 0 saturated heterocycles. The Morgan fingerprint density at radius 1 is 0.941 bits per heavy atom. The summed E-state index contributed by atoms with van der Waals surface area (Å²) in [5.41, 5.74) is 2.38. The van der Waals surface area contributed by atoms with Gasteiger partial charge in [0.25, 0.3) is 10.0 Å². The largest absolute Gasteiger partial charge is 0.348 e. The van der Waals surface area contributed by atoms with Gasteiger partial charge in [0.05, 0.1) is 26.7 Å². The Kier molecular flexibility index (Phi) is 7.96. The maximum atomic E-state index is 13.4. The third-order valence-corrected chi connectivity index (χ3v) is 7.99. The molecule has 3 aromatic carbocycles. The fraction of sp³-hybridized carbons (Fsp3) is 0.269. The molecule has 1 amide bonds. The number of hydrogen-bond acceptors (Lipinski definition) is 3. The zero-order valence-corrected chi connectivity index (χ0v) is 21.9. The van der Waals surface area contributed by atoms with E-state index in [2.05, 4.69) is 26.1 Å². The molecule has 3 rings (SSSR count). The molecule has 0 aliphatic rings. The lowest BCUT2D eigenvalue weighted by atomic mass is 9.86. The van der Waals surface area contributed by atoms with Gasteiger partial charge in [-0.15, -0.1) is 0 Å². The van der Waals surface area contributed by atoms with Crippen LogP contribution in [0.3, 0.4) is 0 Å². The highest BCUT2D eigenvalue weighted by Crippen LogP contribution is 2.30. The van der Waals surface area contributed by atoms with Gasteiger partial charge in [-0.25, -0.2) is 8.42 Å². The van der Waals surface area contributed by atoms with Crippen LogP contribution in [0.25, 0.3) is 0 Å². The molecule has 5 nitrogen and oxygen atoms in total. The molecule has 0 aliphatic heterocycles. The molecule has 1 atom stereocenters. The Balaban J connectivity index is 1.86. The van der Waals surface area contributed by atoms with Crippen molar-refractivity contribution in [2.75, 3.05) is 10.8 Å². The van der Waals surface area contributed by atoms with Crippen molar-refractivity contribution in [1.29, 1.82) is 0 Å². The summed E-state index contributed by atoms with van der Waals surface area (Å²) >= 11 is 12.2. The van der Waals surface area contributed by atoms with Gasteiger partial charge in [-0.2, -0.15) is 0 Å². The molecule has 0 radical (unpaired) electrons. The summed E-state index contributed by atoms with van der Waals surface area (Å²) in [6.07, 6.45) is 0. The van der Waals surface area contributed by atoms with E-state index in [0.717, 1.165) is 9.87 Å². The maximum absolute atomic E-state index is 13.4. The summed E-state index contributed by atoms with van der Waals surface area (Å²) in [5, 5.41) is 3.39. The van der Waals surface area contributed by atoms with E-state index in [1.54, 1.807) is 18.2 Å². The van der Waals surface area contributed by atoms with E-state index in [1.807, 2.05) is 31.2 Å². The summed E-state index contributed by atoms with van der Waals surface area (Å²) in [7, 11) is -4.03. The summed E-state index contributed by atoms with van der Waals surface area (Å²) in [6, 6.07) is 20.1. The first-order valence-electron chi connectivity index (χ1n) is 10.8.